The van der Waals surface area contributed by atoms with Gasteiger partial charge < -0.3 is 0 Å². The summed E-state index contributed by atoms with van der Waals surface area (Å²) >= 11 is 0. The lowest BCUT2D eigenvalue weighted by Gasteiger charge is -2.27. The minimum atomic E-state index is -3.08. The molecule has 1 rings (SSSR count). The fraction of sp³-hybridized carbons (Fsp3) is 1.00. The van der Waals surface area contributed by atoms with Gasteiger partial charge in [0.25, 0.3) is 0 Å². The highest BCUT2D eigenvalue weighted by Gasteiger charge is 2.30. The first-order valence-corrected chi connectivity index (χ1v) is 5.30. The summed E-state index contributed by atoms with van der Waals surface area (Å²) < 4.78 is 25.0. The number of hydrogen-bond acceptors (Lipinski definition) is 3. The predicted molar refractivity (Wildman–Crippen MR) is 43.6 cm³/mol. The molecule has 0 aliphatic carbocycles. The number of sulfonamides is 1. The third kappa shape index (κ3) is 1.91. The second-order valence-corrected chi connectivity index (χ2v) is 4.94. The minimum Gasteiger partial charge on any atom is -0.298 e. The topological polar surface area (TPSA) is 58.2 Å². The molecule has 1 atom stereocenters. The number of hydrogen-bond donors (Lipinski definition) is 2. The molecule has 1 aliphatic rings. The molecule has 0 amide bonds. The van der Waals surface area contributed by atoms with Crippen LogP contribution in [0.15, 0.2) is 0 Å². The molecule has 1 heterocycles. The van der Waals surface area contributed by atoms with Crippen molar-refractivity contribution in [3.05, 3.63) is 0 Å². The van der Waals surface area contributed by atoms with Gasteiger partial charge in [-0.1, -0.05) is 13.8 Å². The maximum Gasteiger partial charge on any atom is 0.227 e. The molecule has 0 aromatic carbocycles. The fourth-order valence-corrected chi connectivity index (χ4v) is 2.82. The van der Waals surface area contributed by atoms with Gasteiger partial charge in [0.15, 0.2) is 0 Å². The SMILES string of the molecule is CC(C)C1NCCNS1(=O)=O. The van der Waals surface area contributed by atoms with E-state index in [2.05, 4.69) is 10.0 Å². The fourth-order valence-electron chi connectivity index (χ4n) is 1.20. The van der Waals surface area contributed by atoms with E-state index in [-0.39, 0.29) is 5.92 Å². The second-order valence-electron chi connectivity index (χ2n) is 3.06. The summed E-state index contributed by atoms with van der Waals surface area (Å²) in [7, 11) is -3.08. The largest absolute Gasteiger partial charge is 0.298 e. The van der Waals surface area contributed by atoms with Crippen LogP contribution < -0.4 is 10.0 Å². The lowest BCUT2D eigenvalue weighted by Crippen LogP contribution is -2.54. The Balaban J connectivity index is 2.76. The standard InChI is InChI=1S/C6H14N2O2S/c1-5(2)6-7-3-4-8-11(6,9)10/h5-8H,3-4H2,1-2H3. The van der Waals surface area contributed by atoms with Gasteiger partial charge in [0, 0.05) is 13.1 Å². The molecule has 0 bridgehead atoms. The van der Waals surface area contributed by atoms with E-state index in [9.17, 15) is 8.42 Å². The Bertz CT molecular complexity index is 223. The summed E-state index contributed by atoms with van der Waals surface area (Å²) in [6.07, 6.45) is 0. The first kappa shape index (κ1) is 8.96. The van der Waals surface area contributed by atoms with Crippen LogP contribution in [-0.4, -0.2) is 26.9 Å². The van der Waals surface area contributed by atoms with Crippen LogP contribution in [-0.2, 0) is 10.0 Å². The molecule has 5 heteroatoms. The zero-order chi connectivity index (χ0) is 8.48. The van der Waals surface area contributed by atoms with Gasteiger partial charge >= 0.3 is 0 Å². The molecule has 66 valence electrons. The molecule has 1 unspecified atom stereocenters. The van der Waals surface area contributed by atoms with Gasteiger partial charge in [-0.15, -0.1) is 0 Å². The van der Waals surface area contributed by atoms with Crippen molar-refractivity contribution in [2.75, 3.05) is 13.1 Å². The van der Waals surface area contributed by atoms with E-state index in [0.29, 0.717) is 6.54 Å². The Kier molecular flexibility index (Phi) is 2.51. The molecular weight excluding hydrogens is 164 g/mol. The summed E-state index contributed by atoms with van der Waals surface area (Å²) in [5.41, 5.74) is 0. The average molecular weight is 178 g/mol. The lowest BCUT2D eigenvalue weighted by atomic mass is 10.2. The van der Waals surface area contributed by atoms with Crippen molar-refractivity contribution >= 4 is 10.0 Å². The molecule has 0 aromatic heterocycles. The Morgan fingerprint density at radius 3 is 2.36 bits per heavy atom. The Labute approximate surface area is 67.4 Å². The van der Waals surface area contributed by atoms with Crippen LogP contribution in [0.1, 0.15) is 13.8 Å². The minimum absolute atomic E-state index is 0.118. The first-order chi connectivity index (χ1) is 5.04. The van der Waals surface area contributed by atoms with Crippen molar-refractivity contribution in [1.29, 1.82) is 0 Å². The smallest absolute Gasteiger partial charge is 0.227 e. The average Bonchev–Trinajstić information content (AvgIpc) is 1.85. The maximum atomic E-state index is 11.2. The van der Waals surface area contributed by atoms with Crippen LogP contribution in [0.3, 0.4) is 0 Å². The van der Waals surface area contributed by atoms with Gasteiger partial charge in [0.1, 0.15) is 5.37 Å². The summed E-state index contributed by atoms with van der Waals surface area (Å²) in [5.74, 6) is 0.118. The second kappa shape index (κ2) is 3.08. The van der Waals surface area contributed by atoms with E-state index in [1.54, 1.807) is 0 Å². The molecule has 0 saturated carbocycles. The van der Waals surface area contributed by atoms with Gasteiger partial charge in [-0.2, -0.15) is 0 Å². The Morgan fingerprint density at radius 1 is 1.36 bits per heavy atom. The zero-order valence-corrected chi connectivity index (χ0v) is 7.61. The number of nitrogens with one attached hydrogen (secondary N) is 2. The Morgan fingerprint density at radius 2 is 2.00 bits per heavy atom. The van der Waals surface area contributed by atoms with Crippen LogP contribution in [0.4, 0.5) is 0 Å². The van der Waals surface area contributed by atoms with Crippen LogP contribution in [0, 0.1) is 5.92 Å². The zero-order valence-electron chi connectivity index (χ0n) is 6.79. The summed E-state index contributed by atoms with van der Waals surface area (Å²) in [5, 5.41) is 2.54. The molecule has 1 fully saturated rings. The number of rotatable bonds is 1. The van der Waals surface area contributed by atoms with Crippen molar-refractivity contribution in [1.82, 2.24) is 10.0 Å². The van der Waals surface area contributed by atoms with Gasteiger partial charge in [0.2, 0.25) is 10.0 Å². The van der Waals surface area contributed by atoms with Crippen molar-refractivity contribution in [3.8, 4) is 0 Å². The predicted octanol–water partition coefficient (Wildman–Crippen LogP) is -0.509. The summed E-state index contributed by atoms with van der Waals surface area (Å²) in [4.78, 5) is 0. The molecule has 0 aromatic rings. The molecule has 4 nitrogen and oxygen atoms in total. The van der Waals surface area contributed by atoms with Gasteiger partial charge in [0.05, 0.1) is 0 Å². The van der Waals surface area contributed by atoms with E-state index in [1.807, 2.05) is 13.8 Å². The molecule has 0 spiro atoms. The quantitative estimate of drug-likeness (QED) is 0.568. The van der Waals surface area contributed by atoms with E-state index in [1.165, 1.54) is 0 Å². The van der Waals surface area contributed by atoms with Crippen LogP contribution in [0.2, 0.25) is 0 Å². The van der Waals surface area contributed by atoms with Crippen molar-refractivity contribution < 1.29 is 8.42 Å². The van der Waals surface area contributed by atoms with Crippen LogP contribution >= 0.6 is 0 Å². The van der Waals surface area contributed by atoms with E-state index < -0.39 is 15.4 Å². The van der Waals surface area contributed by atoms with Gasteiger partial charge in [-0.25, -0.2) is 13.1 Å². The van der Waals surface area contributed by atoms with Crippen molar-refractivity contribution in [3.63, 3.8) is 0 Å². The molecule has 1 saturated heterocycles. The van der Waals surface area contributed by atoms with Gasteiger partial charge in [-0.05, 0) is 5.92 Å². The third-order valence-corrected chi connectivity index (χ3v) is 3.70. The van der Waals surface area contributed by atoms with E-state index in [0.717, 1.165) is 6.54 Å². The summed E-state index contributed by atoms with van der Waals surface area (Å²) in [6.45, 7) is 5.01. The highest BCUT2D eigenvalue weighted by atomic mass is 32.2. The molecule has 2 N–H and O–H groups in total. The highest BCUT2D eigenvalue weighted by molar-refractivity contribution is 7.90. The van der Waals surface area contributed by atoms with Gasteiger partial charge in [-0.3, -0.25) is 5.32 Å². The maximum absolute atomic E-state index is 11.2. The van der Waals surface area contributed by atoms with E-state index >= 15 is 0 Å². The molecule has 0 radical (unpaired) electrons. The van der Waals surface area contributed by atoms with Crippen LogP contribution in [0.25, 0.3) is 0 Å². The molecule has 1 aliphatic heterocycles. The molecular formula is C6H14N2O2S. The first-order valence-electron chi connectivity index (χ1n) is 3.76. The monoisotopic (exact) mass is 178 g/mol. The van der Waals surface area contributed by atoms with Crippen molar-refractivity contribution in [2.24, 2.45) is 5.92 Å². The van der Waals surface area contributed by atoms with Crippen molar-refractivity contribution in [2.45, 2.75) is 19.2 Å². The molecule has 11 heavy (non-hydrogen) atoms. The highest BCUT2D eigenvalue weighted by Crippen LogP contribution is 2.09. The summed E-state index contributed by atoms with van der Waals surface area (Å²) in [6, 6.07) is 0. The Hall–Kier alpha value is -0.130. The van der Waals surface area contributed by atoms with E-state index in [4.69, 9.17) is 0 Å². The lowest BCUT2D eigenvalue weighted by molar-refractivity contribution is 0.444. The third-order valence-electron chi connectivity index (χ3n) is 1.71. The normalized spacial score (nSPS) is 30.6. The van der Waals surface area contributed by atoms with Crippen LogP contribution in [0.5, 0.6) is 0 Å².